The third-order valence-electron chi connectivity index (χ3n) is 4.04. The van der Waals surface area contributed by atoms with E-state index in [1.807, 2.05) is 37.3 Å². The molecule has 4 aromatic rings. The van der Waals surface area contributed by atoms with Gasteiger partial charge in [-0.25, -0.2) is 4.98 Å². The van der Waals surface area contributed by atoms with Crippen LogP contribution in [0.15, 0.2) is 70.8 Å². The van der Waals surface area contributed by atoms with Crippen molar-refractivity contribution in [2.24, 2.45) is 5.10 Å². The fourth-order valence-electron chi connectivity index (χ4n) is 2.86. The Balaban J connectivity index is 1.86. The maximum absolute atomic E-state index is 13.0. The molecule has 0 unspecified atom stereocenters. The molecule has 2 aromatic carbocycles. The number of benzene rings is 2. The topological polar surface area (TPSA) is 67.5 Å². The minimum Gasteiger partial charge on any atom is -0.508 e. The third kappa shape index (κ3) is 2.91. The second-order valence-corrected chi connectivity index (χ2v) is 7.02. The van der Waals surface area contributed by atoms with Gasteiger partial charge < -0.3 is 5.11 Å². The number of fused-ring (bicyclic) bond motifs is 1. The van der Waals surface area contributed by atoms with E-state index in [-0.39, 0.29) is 11.3 Å². The average Bonchev–Trinajstić information content (AvgIpc) is 2.99. The van der Waals surface area contributed by atoms with E-state index in [0.29, 0.717) is 15.8 Å². The van der Waals surface area contributed by atoms with Gasteiger partial charge in [0.15, 0.2) is 0 Å². The molecule has 0 radical (unpaired) electrons. The first-order chi connectivity index (χ1) is 12.6. The van der Waals surface area contributed by atoms with Gasteiger partial charge in [0.05, 0.1) is 11.6 Å². The molecule has 0 bridgehead atoms. The molecule has 0 aliphatic heterocycles. The van der Waals surface area contributed by atoms with E-state index < -0.39 is 0 Å². The summed E-state index contributed by atoms with van der Waals surface area (Å²) in [5, 5.41) is 14.3. The zero-order chi connectivity index (χ0) is 18.1. The molecule has 0 atom stereocenters. The molecule has 0 aliphatic rings. The van der Waals surface area contributed by atoms with Crippen molar-refractivity contribution in [3.63, 3.8) is 0 Å². The number of aromatic nitrogens is 2. The van der Waals surface area contributed by atoms with E-state index in [9.17, 15) is 9.90 Å². The summed E-state index contributed by atoms with van der Waals surface area (Å²) in [6.45, 7) is 1.99. The summed E-state index contributed by atoms with van der Waals surface area (Å²) < 4.78 is 1.23. The lowest BCUT2D eigenvalue weighted by Crippen LogP contribution is -2.16. The first kappa shape index (κ1) is 16.2. The Labute approximate surface area is 153 Å². The number of hydrogen-bond acceptors (Lipinski definition) is 5. The largest absolute Gasteiger partial charge is 0.508 e. The van der Waals surface area contributed by atoms with Crippen molar-refractivity contribution in [3.8, 4) is 16.9 Å². The Morgan fingerprint density at radius 3 is 2.73 bits per heavy atom. The second-order valence-electron chi connectivity index (χ2n) is 5.81. The van der Waals surface area contributed by atoms with Crippen molar-refractivity contribution in [1.82, 2.24) is 9.66 Å². The standard InChI is InChI=1S/C20H15N3O2S/c1-13-17(15-7-3-2-4-8-15)18-19(26-13)21-12-23(20(18)25)22-11-14-6-5-9-16(24)10-14/h2-12,24H,1H3/b22-11-. The summed E-state index contributed by atoms with van der Waals surface area (Å²) in [6.07, 6.45) is 2.95. The van der Waals surface area contributed by atoms with Gasteiger partial charge in [0.1, 0.15) is 16.9 Å². The maximum Gasteiger partial charge on any atom is 0.283 e. The number of aryl methyl sites for hydroxylation is 1. The van der Waals surface area contributed by atoms with Crippen LogP contribution in [0.1, 0.15) is 10.4 Å². The zero-order valence-electron chi connectivity index (χ0n) is 14.0. The number of aromatic hydroxyl groups is 1. The predicted molar refractivity (Wildman–Crippen MR) is 105 cm³/mol. The van der Waals surface area contributed by atoms with Crippen LogP contribution in [-0.2, 0) is 0 Å². The maximum atomic E-state index is 13.0. The lowest BCUT2D eigenvalue weighted by Gasteiger charge is -2.02. The van der Waals surface area contributed by atoms with E-state index in [1.165, 1.54) is 28.6 Å². The molecule has 0 aliphatic carbocycles. The average molecular weight is 361 g/mol. The number of nitrogens with zero attached hydrogens (tertiary/aromatic N) is 3. The molecule has 2 heterocycles. The first-order valence-electron chi connectivity index (χ1n) is 8.03. The van der Waals surface area contributed by atoms with Crippen LogP contribution in [0.2, 0.25) is 0 Å². The zero-order valence-corrected chi connectivity index (χ0v) is 14.8. The summed E-state index contributed by atoms with van der Waals surface area (Å²) in [4.78, 5) is 19.1. The number of phenolic OH excluding ortho intramolecular Hbond substituents is 1. The molecule has 2 aromatic heterocycles. The quantitative estimate of drug-likeness (QED) is 0.560. The van der Waals surface area contributed by atoms with Gasteiger partial charge in [0.2, 0.25) is 0 Å². The van der Waals surface area contributed by atoms with Crippen molar-refractivity contribution in [2.75, 3.05) is 0 Å². The lowest BCUT2D eigenvalue weighted by atomic mass is 10.0. The fraction of sp³-hybridized carbons (Fsp3) is 0.0500. The summed E-state index contributed by atoms with van der Waals surface area (Å²) >= 11 is 1.50. The van der Waals surface area contributed by atoms with Crippen LogP contribution in [0.5, 0.6) is 5.75 Å². The van der Waals surface area contributed by atoms with Crippen LogP contribution in [0.25, 0.3) is 21.3 Å². The number of phenols is 1. The van der Waals surface area contributed by atoms with Crippen LogP contribution in [0, 0.1) is 6.92 Å². The highest BCUT2D eigenvalue weighted by Gasteiger charge is 2.16. The highest BCUT2D eigenvalue weighted by Crippen LogP contribution is 2.35. The first-order valence-corrected chi connectivity index (χ1v) is 8.85. The molecule has 4 rings (SSSR count). The van der Waals surface area contributed by atoms with Crippen molar-refractivity contribution >= 4 is 27.8 Å². The van der Waals surface area contributed by atoms with E-state index in [4.69, 9.17) is 0 Å². The van der Waals surface area contributed by atoms with Gasteiger partial charge in [0, 0.05) is 10.4 Å². The Kier molecular flexibility index (Phi) is 4.10. The number of thiophene rings is 1. The molecule has 0 saturated heterocycles. The van der Waals surface area contributed by atoms with Crippen molar-refractivity contribution < 1.29 is 5.11 Å². The molecule has 1 N–H and O–H groups in total. The molecule has 0 amide bonds. The van der Waals surface area contributed by atoms with Gasteiger partial charge in [-0.2, -0.15) is 9.78 Å². The Hall–Kier alpha value is -3.25. The fourth-order valence-corrected chi connectivity index (χ4v) is 3.87. The summed E-state index contributed by atoms with van der Waals surface area (Å²) in [7, 11) is 0. The van der Waals surface area contributed by atoms with Crippen LogP contribution in [-0.4, -0.2) is 21.0 Å². The highest BCUT2D eigenvalue weighted by atomic mass is 32.1. The smallest absolute Gasteiger partial charge is 0.283 e. The molecule has 0 saturated carbocycles. The molecule has 5 nitrogen and oxygen atoms in total. The van der Waals surface area contributed by atoms with Crippen molar-refractivity contribution in [2.45, 2.75) is 6.92 Å². The third-order valence-corrected chi connectivity index (χ3v) is 5.05. The lowest BCUT2D eigenvalue weighted by molar-refractivity contribution is 0.475. The van der Waals surface area contributed by atoms with Crippen molar-refractivity contribution in [3.05, 3.63) is 81.7 Å². The summed E-state index contributed by atoms with van der Waals surface area (Å²) in [6, 6.07) is 16.5. The second kappa shape index (κ2) is 6.57. The molecule has 0 fully saturated rings. The Morgan fingerprint density at radius 1 is 1.15 bits per heavy atom. The van der Waals surface area contributed by atoms with Crippen molar-refractivity contribution in [1.29, 1.82) is 0 Å². The SMILES string of the molecule is Cc1sc2ncn(/N=C\c3cccc(O)c3)c(=O)c2c1-c1ccccc1. The molecule has 6 heteroatoms. The van der Waals surface area contributed by atoms with Crippen LogP contribution < -0.4 is 5.56 Å². The minimum atomic E-state index is -0.213. The van der Waals surface area contributed by atoms with Gasteiger partial charge in [-0.3, -0.25) is 4.79 Å². The van der Waals surface area contributed by atoms with Gasteiger partial charge in [0.25, 0.3) is 5.56 Å². The van der Waals surface area contributed by atoms with Gasteiger partial charge >= 0.3 is 0 Å². The normalized spacial score (nSPS) is 11.4. The van der Waals surface area contributed by atoms with E-state index in [2.05, 4.69) is 10.1 Å². The molecule has 26 heavy (non-hydrogen) atoms. The van der Waals surface area contributed by atoms with Crippen LogP contribution >= 0.6 is 11.3 Å². The highest BCUT2D eigenvalue weighted by molar-refractivity contribution is 7.19. The minimum absolute atomic E-state index is 0.148. The summed E-state index contributed by atoms with van der Waals surface area (Å²) in [5.41, 5.74) is 2.38. The van der Waals surface area contributed by atoms with Crippen LogP contribution in [0.4, 0.5) is 0 Å². The van der Waals surface area contributed by atoms with Gasteiger partial charge in [-0.1, -0.05) is 42.5 Å². The van der Waals surface area contributed by atoms with E-state index in [1.54, 1.807) is 24.3 Å². The van der Waals surface area contributed by atoms with Crippen LogP contribution in [0.3, 0.4) is 0 Å². The van der Waals surface area contributed by atoms with Gasteiger partial charge in [-0.15, -0.1) is 11.3 Å². The number of rotatable bonds is 3. The number of hydrogen-bond donors (Lipinski definition) is 1. The molecular weight excluding hydrogens is 346 g/mol. The monoisotopic (exact) mass is 361 g/mol. The Morgan fingerprint density at radius 2 is 1.96 bits per heavy atom. The molecule has 128 valence electrons. The van der Waals surface area contributed by atoms with E-state index >= 15 is 0 Å². The Bertz CT molecular complexity index is 1180. The molecular formula is C20H15N3O2S. The summed E-state index contributed by atoms with van der Waals surface area (Å²) in [5.74, 6) is 0.148. The van der Waals surface area contributed by atoms with E-state index in [0.717, 1.165) is 16.0 Å². The molecule has 0 spiro atoms. The predicted octanol–water partition coefficient (Wildman–Crippen LogP) is 4.02. The van der Waals surface area contributed by atoms with Gasteiger partial charge in [-0.05, 0) is 30.2 Å².